The lowest BCUT2D eigenvalue weighted by atomic mass is 9.92. The minimum Gasteiger partial charge on any atom is -0.387 e. The summed E-state index contributed by atoms with van der Waals surface area (Å²) in [5.74, 6) is -5.57. The molecule has 6 rings (SSSR count). The third-order valence-corrected chi connectivity index (χ3v) is 7.36. The van der Waals surface area contributed by atoms with Crippen LogP contribution in [0.2, 0.25) is 0 Å². The van der Waals surface area contributed by atoms with Crippen LogP contribution in [0.15, 0.2) is 22.2 Å². The molecule has 4 aromatic rings. The summed E-state index contributed by atoms with van der Waals surface area (Å²) in [7, 11) is 0. The van der Waals surface area contributed by atoms with E-state index < -0.39 is 78.3 Å². The molecule has 2 fully saturated rings. The van der Waals surface area contributed by atoms with Crippen molar-refractivity contribution in [2.45, 2.75) is 67.2 Å². The molecule has 4 aromatic heterocycles. The molecular formula is C21H22F2N10O10. The van der Waals surface area contributed by atoms with E-state index in [1.807, 2.05) is 0 Å². The maximum absolute atomic E-state index is 15.4. The highest BCUT2D eigenvalue weighted by molar-refractivity contribution is 5.71. The van der Waals surface area contributed by atoms with Gasteiger partial charge in [0.1, 0.15) is 36.6 Å². The van der Waals surface area contributed by atoms with Gasteiger partial charge in [-0.3, -0.25) is 28.7 Å². The van der Waals surface area contributed by atoms with Gasteiger partial charge in [-0.1, -0.05) is 0 Å². The highest BCUT2D eigenvalue weighted by atomic mass is 19.3. The predicted molar refractivity (Wildman–Crippen MR) is 131 cm³/mol. The van der Waals surface area contributed by atoms with E-state index in [-0.39, 0.29) is 34.2 Å². The summed E-state index contributed by atoms with van der Waals surface area (Å²) in [5, 5.41) is 68.0. The Hall–Kier alpha value is -4.16. The Kier molecular flexibility index (Phi) is 6.70. The number of hydrogen-bond acceptors (Lipinski definition) is 14. The Morgan fingerprint density at radius 3 is 1.51 bits per heavy atom. The predicted octanol–water partition coefficient (Wildman–Crippen LogP) is -4.11. The highest BCUT2D eigenvalue weighted by Crippen LogP contribution is 2.42. The Morgan fingerprint density at radius 1 is 0.767 bits per heavy atom. The van der Waals surface area contributed by atoms with E-state index in [2.05, 4.69) is 29.9 Å². The lowest BCUT2D eigenvalue weighted by molar-refractivity contribution is -0.274. The second-order valence-electron chi connectivity index (χ2n) is 10.0. The maximum Gasteiger partial charge on any atom is 0.310 e. The van der Waals surface area contributed by atoms with Crippen molar-refractivity contribution >= 4 is 34.2 Å². The molecule has 0 aliphatic carbocycles. The van der Waals surface area contributed by atoms with Gasteiger partial charge in [0.25, 0.3) is 11.1 Å². The molecule has 20 nitrogen and oxygen atoms in total. The van der Waals surface area contributed by atoms with Crippen molar-refractivity contribution < 1.29 is 48.9 Å². The fraction of sp³-hybridized carbons (Fsp3) is 0.524. The number of nitrogen functional groups attached to an aromatic ring is 2. The lowest BCUT2D eigenvalue weighted by Crippen LogP contribution is -2.57. The number of anilines is 2. The van der Waals surface area contributed by atoms with Gasteiger partial charge in [-0.2, -0.15) is 9.97 Å². The van der Waals surface area contributed by atoms with E-state index in [9.17, 15) is 40.2 Å². The first-order valence-electron chi connectivity index (χ1n) is 12.4. The van der Waals surface area contributed by atoms with Crippen LogP contribution in [0.3, 0.4) is 0 Å². The first-order valence-corrected chi connectivity index (χ1v) is 12.4. The van der Waals surface area contributed by atoms with Crippen molar-refractivity contribution in [3.8, 4) is 0 Å². The summed E-state index contributed by atoms with van der Waals surface area (Å²) in [5.41, 5.74) is 8.40. The van der Waals surface area contributed by atoms with Gasteiger partial charge >= 0.3 is 5.92 Å². The molecule has 0 aromatic carbocycles. The summed E-state index contributed by atoms with van der Waals surface area (Å²) in [6.07, 6.45) is -21.7. The van der Waals surface area contributed by atoms with Crippen LogP contribution in [0, 0.1) is 0 Å². The number of aromatic amines is 2. The number of ether oxygens (including phenoxy) is 2. The molecule has 6 heterocycles. The number of nitrogens with zero attached hydrogens (tertiary/aromatic N) is 6. The fourth-order valence-electron chi connectivity index (χ4n) is 5.19. The molecule has 2 radical (unpaired) electrons. The molecule has 230 valence electrons. The van der Waals surface area contributed by atoms with Crippen LogP contribution >= 0.6 is 0 Å². The van der Waals surface area contributed by atoms with E-state index in [0.717, 1.165) is 21.8 Å². The van der Waals surface area contributed by atoms with Crippen LogP contribution in [0.25, 0.3) is 22.3 Å². The van der Waals surface area contributed by atoms with Gasteiger partial charge in [0.2, 0.25) is 11.9 Å². The number of rotatable bonds is 6. The van der Waals surface area contributed by atoms with E-state index in [4.69, 9.17) is 20.9 Å². The number of nitrogens with one attached hydrogen (secondary N) is 2. The van der Waals surface area contributed by atoms with Crippen molar-refractivity contribution in [2.24, 2.45) is 0 Å². The van der Waals surface area contributed by atoms with Crippen molar-refractivity contribution in [2.75, 3.05) is 11.5 Å². The van der Waals surface area contributed by atoms with Crippen molar-refractivity contribution in [1.29, 1.82) is 0 Å². The second kappa shape index (κ2) is 9.95. The van der Waals surface area contributed by atoms with Crippen LogP contribution in [0.1, 0.15) is 12.5 Å². The number of nitrogens with two attached hydrogens (primary N) is 2. The van der Waals surface area contributed by atoms with Crippen molar-refractivity contribution in [3.63, 3.8) is 0 Å². The third kappa shape index (κ3) is 4.34. The molecule has 2 aliphatic rings. The monoisotopic (exact) mass is 612 g/mol. The highest BCUT2D eigenvalue weighted by Gasteiger charge is 2.63. The summed E-state index contributed by atoms with van der Waals surface area (Å²) < 4.78 is 43.1. The first kappa shape index (κ1) is 28.9. The number of aromatic nitrogens is 8. The minimum absolute atomic E-state index is 0.262. The lowest BCUT2D eigenvalue weighted by Gasteiger charge is -2.32. The smallest absolute Gasteiger partial charge is 0.310 e. The van der Waals surface area contributed by atoms with E-state index in [0.29, 0.717) is 0 Å². The van der Waals surface area contributed by atoms with Gasteiger partial charge < -0.3 is 41.4 Å². The molecule has 0 bridgehead atoms. The number of alkyl halides is 2. The molecule has 22 heteroatoms. The summed E-state index contributed by atoms with van der Waals surface area (Å²) in [4.78, 5) is 43.7. The average molecular weight is 612 g/mol. The number of aliphatic hydroxyl groups excluding tert-OH is 4. The fourth-order valence-corrected chi connectivity index (χ4v) is 5.19. The minimum atomic E-state index is -4.84. The largest absolute Gasteiger partial charge is 0.387 e. The van der Waals surface area contributed by atoms with Crippen LogP contribution < -0.4 is 22.6 Å². The summed E-state index contributed by atoms with van der Waals surface area (Å²) in [6.45, 7) is 0. The molecule has 0 spiro atoms. The van der Waals surface area contributed by atoms with Gasteiger partial charge in [0.15, 0.2) is 47.0 Å². The second-order valence-corrected chi connectivity index (χ2v) is 10.0. The van der Waals surface area contributed by atoms with E-state index >= 15 is 8.78 Å². The van der Waals surface area contributed by atoms with Gasteiger partial charge in [-0.25, -0.2) is 29.0 Å². The van der Waals surface area contributed by atoms with Crippen LogP contribution in [-0.4, -0.2) is 114 Å². The molecule has 2 aliphatic heterocycles. The summed E-state index contributed by atoms with van der Waals surface area (Å²) >= 11 is 0. The zero-order chi connectivity index (χ0) is 31.1. The standard InChI is InChI=1S/C21H22F2N10O10/c22-21(23,11(38)9-5(34)7(36)17(42-9)32-1-26-3-13(32)28-19(24)30-15(3)40)12(39)10-6(35)8(37)18(43-10)33-2-27-4-14(33)29-20(25)31-16(4)41/h1-2,5-12,17-18,34-37H,(H3,24,28,30,40)(H3,25,29,31,41)/t5-,6-,7+,8+,9-,10-,11?,12?,17+,18+/m0/s1. The number of halogens is 2. The van der Waals surface area contributed by atoms with E-state index in [1.54, 1.807) is 0 Å². The number of imidazole rings is 2. The van der Waals surface area contributed by atoms with Crippen molar-refractivity contribution in [3.05, 3.63) is 33.4 Å². The van der Waals surface area contributed by atoms with Crippen LogP contribution in [-0.2, 0) is 19.7 Å². The Labute approximate surface area is 234 Å². The van der Waals surface area contributed by atoms with Crippen molar-refractivity contribution in [1.82, 2.24) is 39.0 Å². The molecule has 43 heavy (non-hydrogen) atoms. The number of fused-ring (bicyclic) bond motifs is 2. The average Bonchev–Trinajstić information content (AvgIpc) is 3.69. The number of H-pyrrole nitrogens is 2. The Morgan fingerprint density at radius 2 is 1.14 bits per heavy atom. The van der Waals surface area contributed by atoms with Gasteiger partial charge in [-0.05, 0) is 0 Å². The zero-order valence-corrected chi connectivity index (χ0v) is 21.3. The molecule has 0 amide bonds. The first-order chi connectivity index (χ1) is 20.2. The van der Waals surface area contributed by atoms with Crippen LogP contribution in [0.5, 0.6) is 0 Å². The summed E-state index contributed by atoms with van der Waals surface area (Å²) in [6, 6.07) is 0. The number of hydrogen-bond donors (Lipinski definition) is 8. The molecule has 10 N–H and O–H groups in total. The molecule has 0 saturated carbocycles. The normalized spacial score (nSPS) is 31.3. The zero-order valence-electron chi connectivity index (χ0n) is 21.3. The van der Waals surface area contributed by atoms with Crippen LogP contribution in [0.4, 0.5) is 20.7 Å². The van der Waals surface area contributed by atoms with E-state index in [1.165, 1.54) is 0 Å². The molecular weight excluding hydrogens is 590 g/mol. The van der Waals surface area contributed by atoms with Gasteiger partial charge in [0, 0.05) is 0 Å². The molecule has 2 saturated heterocycles. The topological polar surface area (TPSA) is 318 Å². The van der Waals surface area contributed by atoms with Gasteiger partial charge in [-0.15, -0.1) is 0 Å². The third-order valence-electron chi connectivity index (χ3n) is 7.36. The number of aliphatic hydroxyl groups is 4. The molecule has 10 atom stereocenters. The molecule has 2 unspecified atom stereocenters. The Balaban J connectivity index is 1.25. The maximum atomic E-state index is 15.4. The Bertz CT molecular complexity index is 1680. The quantitative estimate of drug-likeness (QED) is 0.103. The van der Waals surface area contributed by atoms with Gasteiger partial charge in [0.05, 0.1) is 12.7 Å². The SMILES string of the molecule is Nc1nc2c(ncn2[C@@H]2O[C@H](C([O])C(F)(F)C([O])[C@H]3O[C@@H](n4cnc5c(=O)[nH]c(N)nc54)[C@H](O)[C@@H]3O)[C@@H](O)[C@H]2O)c(=O)[nH]1.